The second-order valence-corrected chi connectivity index (χ2v) is 2.82. The van der Waals surface area contributed by atoms with Gasteiger partial charge >= 0.3 is 0 Å². The Kier molecular flexibility index (Phi) is 1.59. The van der Waals surface area contributed by atoms with Crippen molar-refractivity contribution in [3.05, 3.63) is 35.6 Å². The van der Waals surface area contributed by atoms with E-state index >= 15 is 0 Å². The van der Waals surface area contributed by atoms with E-state index in [9.17, 15) is 4.79 Å². The maximum absolute atomic E-state index is 11.0. The van der Waals surface area contributed by atoms with Gasteiger partial charge in [-0.3, -0.25) is 4.79 Å². The highest BCUT2D eigenvalue weighted by Gasteiger charge is 2.14. The van der Waals surface area contributed by atoms with Crippen LogP contribution in [0.1, 0.15) is 16.1 Å². The largest absolute Gasteiger partial charge is 0.461 e. The lowest BCUT2D eigenvalue weighted by Crippen LogP contribution is -2.11. The van der Waals surface area contributed by atoms with E-state index in [1.54, 1.807) is 25.1 Å². The van der Waals surface area contributed by atoms with Gasteiger partial charge in [0, 0.05) is 5.39 Å². The monoisotopic (exact) mass is 174 g/mol. The van der Waals surface area contributed by atoms with Crippen LogP contribution in [0.25, 0.3) is 11.0 Å². The molecule has 3 heteroatoms. The minimum atomic E-state index is -0.462. The second kappa shape index (κ2) is 2.62. The zero-order chi connectivity index (χ0) is 9.42. The van der Waals surface area contributed by atoms with Gasteiger partial charge in [0.15, 0.2) is 0 Å². The van der Waals surface area contributed by atoms with Gasteiger partial charge in [-0.25, -0.2) is 0 Å². The number of nitrogens with two attached hydrogens (primary N) is 1. The highest BCUT2D eigenvalue weighted by atomic mass is 16.3. The van der Waals surface area contributed by atoms with Gasteiger partial charge in [0.1, 0.15) is 11.3 Å². The van der Waals surface area contributed by atoms with E-state index in [-0.39, 0.29) is 0 Å². The Morgan fingerprint density at radius 3 is 3.08 bits per heavy atom. The molecule has 0 aliphatic heterocycles. The first-order valence-electron chi connectivity index (χ1n) is 3.89. The molecule has 0 saturated carbocycles. The number of primary amides is 1. The molecule has 2 N–H and O–H groups in total. The van der Waals surface area contributed by atoms with Crippen LogP contribution in [0.3, 0.4) is 0 Å². The average molecular weight is 174 g/mol. The number of aryl methyl sites for hydroxylation is 1. The third-order valence-corrected chi connectivity index (χ3v) is 1.95. The quantitative estimate of drug-likeness (QED) is 0.714. The molecular formula is C10H8NO2. The van der Waals surface area contributed by atoms with Crippen LogP contribution in [0.5, 0.6) is 0 Å². The first-order chi connectivity index (χ1) is 6.20. The van der Waals surface area contributed by atoms with E-state index in [2.05, 4.69) is 6.07 Å². The molecule has 3 nitrogen and oxygen atoms in total. The molecule has 0 aliphatic carbocycles. The highest BCUT2D eigenvalue weighted by molar-refractivity contribution is 6.06. The second-order valence-electron chi connectivity index (χ2n) is 2.82. The Bertz CT molecular complexity index is 471. The molecule has 0 atom stereocenters. The summed E-state index contributed by atoms with van der Waals surface area (Å²) < 4.78 is 5.34. The average Bonchev–Trinajstić information content (AvgIpc) is 2.39. The molecule has 0 aliphatic rings. The summed E-state index contributed by atoms with van der Waals surface area (Å²) in [6.07, 6.45) is 0. The van der Waals surface area contributed by atoms with Crippen LogP contribution < -0.4 is 5.73 Å². The summed E-state index contributed by atoms with van der Waals surface area (Å²) in [5.74, 6) is 0.0953. The molecule has 1 amide bonds. The molecule has 1 radical (unpaired) electrons. The highest BCUT2D eigenvalue weighted by Crippen LogP contribution is 2.24. The molecule has 1 heterocycles. The van der Waals surface area contributed by atoms with Crippen LogP contribution in [-0.2, 0) is 0 Å². The number of hydrogen-bond acceptors (Lipinski definition) is 2. The maximum atomic E-state index is 11.0. The summed E-state index contributed by atoms with van der Waals surface area (Å²) in [5.41, 5.74) is 6.33. The number of benzene rings is 1. The molecule has 2 rings (SSSR count). The van der Waals surface area contributed by atoms with E-state index in [1.165, 1.54) is 0 Å². The van der Waals surface area contributed by atoms with Gasteiger partial charge in [-0.2, -0.15) is 0 Å². The number of hydrogen-bond donors (Lipinski definition) is 1. The van der Waals surface area contributed by atoms with Crippen molar-refractivity contribution in [2.45, 2.75) is 6.92 Å². The molecule has 13 heavy (non-hydrogen) atoms. The molecule has 1 aromatic carbocycles. The lowest BCUT2D eigenvalue weighted by molar-refractivity contribution is 0.1000. The predicted molar refractivity (Wildman–Crippen MR) is 48.3 cm³/mol. The Morgan fingerprint density at radius 2 is 2.38 bits per heavy atom. The third-order valence-electron chi connectivity index (χ3n) is 1.95. The number of carbonyl (C=O) groups is 1. The van der Waals surface area contributed by atoms with E-state index in [0.717, 1.165) is 5.39 Å². The fraction of sp³-hybridized carbons (Fsp3) is 0.100. The molecule has 0 spiro atoms. The lowest BCUT2D eigenvalue weighted by atomic mass is 10.1. The number of carbonyl (C=O) groups excluding carboxylic acids is 1. The van der Waals surface area contributed by atoms with Crippen molar-refractivity contribution in [3.8, 4) is 0 Å². The van der Waals surface area contributed by atoms with Crippen molar-refractivity contribution in [2.24, 2.45) is 5.73 Å². The minimum Gasteiger partial charge on any atom is -0.461 e. The van der Waals surface area contributed by atoms with E-state index in [4.69, 9.17) is 10.2 Å². The van der Waals surface area contributed by atoms with Crippen molar-refractivity contribution < 1.29 is 9.21 Å². The molecule has 0 unspecified atom stereocenters. The van der Waals surface area contributed by atoms with Crippen LogP contribution in [0.15, 0.2) is 22.6 Å². The molecule has 1 aromatic heterocycles. The number of furan rings is 1. The number of rotatable bonds is 1. The summed E-state index contributed by atoms with van der Waals surface area (Å²) in [6.45, 7) is 1.72. The van der Waals surface area contributed by atoms with Crippen LogP contribution in [0, 0.1) is 13.0 Å². The fourth-order valence-electron chi connectivity index (χ4n) is 1.41. The maximum Gasteiger partial charge on any atom is 0.252 e. The lowest BCUT2D eigenvalue weighted by Gasteiger charge is -1.90. The first-order valence-corrected chi connectivity index (χ1v) is 3.89. The Hall–Kier alpha value is -1.77. The van der Waals surface area contributed by atoms with Crippen LogP contribution in [0.4, 0.5) is 0 Å². The summed E-state index contributed by atoms with van der Waals surface area (Å²) in [5, 5.41) is 0.729. The number of fused-ring (bicyclic) bond motifs is 1. The van der Waals surface area contributed by atoms with E-state index < -0.39 is 5.91 Å². The first kappa shape index (κ1) is 7.86. The summed E-state index contributed by atoms with van der Waals surface area (Å²) in [7, 11) is 0. The topological polar surface area (TPSA) is 56.2 Å². The van der Waals surface area contributed by atoms with Crippen molar-refractivity contribution >= 4 is 16.9 Å². The van der Waals surface area contributed by atoms with E-state index in [0.29, 0.717) is 16.9 Å². The summed E-state index contributed by atoms with van der Waals surface area (Å²) in [4.78, 5) is 11.0. The van der Waals surface area contributed by atoms with Gasteiger partial charge in [0.25, 0.3) is 5.91 Å². The molecule has 0 fully saturated rings. The molecule has 2 aromatic rings. The van der Waals surface area contributed by atoms with Gasteiger partial charge in [0.2, 0.25) is 0 Å². The van der Waals surface area contributed by atoms with Gasteiger partial charge in [-0.05, 0) is 25.1 Å². The molecule has 0 saturated heterocycles. The summed E-state index contributed by atoms with van der Waals surface area (Å²) >= 11 is 0. The zero-order valence-electron chi connectivity index (χ0n) is 7.13. The van der Waals surface area contributed by atoms with Crippen LogP contribution in [0.2, 0.25) is 0 Å². The Morgan fingerprint density at radius 1 is 1.62 bits per heavy atom. The minimum absolute atomic E-state index is 0.451. The van der Waals surface area contributed by atoms with Gasteiger partial charge in [0.05, 0.1) is 5.56 Å². The van der Waals surface area contributed by atoms with Crippen molar-refractivity contribution in [2.75, 3.05) is 0 Å². The third kappa shape index (κ3) is 1.09. The number of amides is 1. The van der Waals surface area contributed by atoms with Crippen LogP contribution >= 0.6 is 0 Å². The van der Waals surface area contributed by atoms with Gasteiger partial charge in [-0.15, -0.1) is 0 Å². The predicted octanol–water partition coefficient (Wildman–Crippen LogP) is 1.64. The Labute approximate surface area is 75.1 Å². The molecular weight excluding hydrogens is 166 g/mol. The SMILES string of the molecule is Cc1oc2cc[c]cc2c1C(N)=O. The normalized spacial score (nSPS) is 10.5. The molecule has 65 valence electrons. The van der Waals surface area contributed by atoms with Crippen molar-refractivity contribution in [3.63, 3.8) is 0 Å². The Balaban J connectivity index is 2.86. The van der Waals surface area contributed by atoms with Gasteiger partial charge < -0.3 is 10.2 Å². The standard InChI is InChI=1S/C10H8NO2/c1-6-9(10(11)12)7-4-2-3-5-8(7)13-6/h3-5H,1H3,(H2,11,12). The van der Waals surface area contributed by atoms with Crippen LogP contribution in [-0.4, -0.2) is 5.91 Å². The fourth-order valence-corrected chi connectivity index (χ4v) is 1.41. The smallest absolute Gasteiger partial charge is 0.252 e. The van der Waals surface area contributed by atoms with Crippen molar-refractivity contribution in [1.82, 2.24) is 0 Å². The molecule has 0 bridgehead atoms. The zero-order valence-corrected chi connectivity index (χ0v) is 7.13. The summed E-state index contributed by atoms with van der Waals surface area (Å²) in [6, 6.07) is 8.07. The van der Waals surface area contributed by atoms with Gasteiger partial charge in [-0.1, -0.05) is 6.07 Å². The van der Waals surface area contributed by atoms with E-state index in [1.807, 2.05) is 0 Å². The van der Waals surface area contributed by atoms with Crippen molar-refractivity contribution in [1.29, 1.82) is 0 Å².